The Morgan fingerprint density at radius 2 is 1.78 bits per heavy atom. The van der Waals surface area contributed by atoms with Crippen LogP contribution in [-0.4, -0.2) is 162 Å². The molecule has 2 rings (SSSR count). The van der Waals surface area contributed by atoms with Crippen LogP contribution < -0.4 is 33.2 Å². The summed E-state index contributed by atoms with van der Waals surface area (Å²) in [6.45, 7) is -0.954. The summed E-state index contributed by atoms with van der Waals surface area (Å²) in [5, 5.41) is 72.4. The second-order valence-corrected chi connectivity index (χ2v) is 12.0. The number of nitrogens with one attached hydrogen (secondary N) is 3. The minimum Gasteiger partial charge on any atom is -0.481 e. The maximum atomic E-state index is 12.8. The third-order valence-corrected chi connectivity index (χ3v) is 8.01. The highest BCUT2D eigenvalue weighted by Gasteiger charge is 2.44. The van der Waals surface area contributed by atoms with Crippen molar-refractivity contribution < 1.29 is 64.1 Å². The number of carbonyl (C=O) groups excluding carboxylic acids is 3. The first-order chi connectivity index (χ1) is 23.6. The van der Waals surface area contributed by atoms with Crippen molar-refractivity contribution in [1.82, 2.24) is 30.9 Å². The van der Waals surface area contributed by atoms with Crippen LogP contribution in [0.3, 0.4) is 0 Å². The molecule has 24 heteroatoms. The maximum Gasteiger partial charge on any atom is 0.327 e. The molecular formula is C26H44N10O13S. The molecule has 1 aromatic heterocycles. The van der Waals surface area contributed by atoms with Crippen molar-refractivity contribution >= 4 is 47.4 Å². The number of aliphatic carboxylic acids is 2. The van der Waals surface area contributed by atoms with Crippen LogP contribution in [0.25, 0.3) is 0 Å². The highest BCUT2D eigenvalue weighted by Crippen LogP contribution is 2.22. The predicted octanol–water partition coefficient (Wildman–Crippen LogP) is -6.65. The summed E-state index contributed by atoms with van der Waals surface area (Å²) < 4.78 is 12.0. The van der Waals surface area contributed by atoms with Crippen molar-refractivity contribution in [3.8, 4) is 0 Å². The van der Waals surface area contributed by atoms with Gasteiger partial charge in [0.25, 0.3) is 0 Å². The number of guanidine groups is 1. The van der Waals surface area contributed by atoms with Crippen LogP contribution in [0, 0.1) is 0 Å². The van der Waals surface area contributed by atoms with E-state index in [1.807, 2.05) is 0 Å². The molecule has 0 saturated carbocycles. The summed E-state index contributed by atoms with van der Waals surface area (Å²) in [6, 6.07) is -4.14. The zero-order valence-corrected chi connectivity index (χ0v) is 27.6. The number of hydrogen-bond donors (Lipinski definition) is 12. The summed E-state index contributed by atoms with van der Waals surface area (Å²) in [7, 11) is 0. The van der Waals surface area contributed by atoms with Gasteiger partial charge in [-0.05, 0) is 12.8 Å². The van der Waals surface area contributed by atoms with Gasteiger partial charge in [-0.15, -0.1) is 5.10 Å². The molecule has 0 radical (unpaired) electrons. The van der Waals surface area contributed by atoms with E-state index in [1.54, 1.807) is 0 Å². The van der Waals surface area contributed by atoms with Crippen LogP contribution in [0.15, 0.2) is 11.2 Å². The molecule has 3 amide bonds. The van der Waals surface area contributed by atoms with E-state index in [1.165, 1.54) is 10.9 Å². The lowest BCUT2D eigenvalue weighted by Crippen LogP contribution is -2.59. The van der Waals surface area contributed by atoms with Gasteiger partial charge < -0.3 is 73.3 Å². The minimum absolute atomic E-state index is 0.0679. The third kappa shape index (κ3) is 14.4. The van der Waals surface area contributed by atoms with E-state index in [9.17, 15) is 54.6 Å². The van der Waals surface area contributed by atoms with Crippen LogP contribution in [-0.2, 0) is 45.7 Å². The van der Waals surface area contributed by atoms with Crippen LogP contribution >= 0.6 is 11.8 Å². The Morgan fingerprint density at radius 3 is 2.42 bits per heavy atom. The largest absolute Gasteiger partial charge is 0.481 e. The van der Waals surface area contributed by atoms with E-state index >= 15 is 0 Å². The van der Waals surface area contributed by atoms with Gasteiger partial charge in [-0.2, -0.15) is 11.8 Å². The van der Waals surface area contributed by atoms with Crippen LogP contribution in [0.2, 0.25) is 0 Å². The molecule has 1 fully saturated rings. The Hall–Kier alpha value is -4.17. The molecule has 282 valence electrons. The summed E-state index contributed by atoms with van der Waals surface area (Å²) in [6.07, 6.45) is -5.90. The van der Waals surface area contributed by atoms with E-state index in [4.69, 9.17) is 26.7 Å². The van der Waals surface area contributed by atoms with Crippen molar-refractivity contribution in [3.05, 3.63) is 11.9 Å². The van der Waals surface area contributed by atoms with E-state index in [2.05, 4.69) is 31.3 Å². The number of aromatic nitrogens is 3. The lowest BCUT2D eigenvalue weighted by molar-refractivity contribution is -0.301. The van der Waals surface area contributed by atoms with Gasteiger partial charge in [0.15, 0.2) is 12.2 Å². The number of nitrogens with zero attached hydrogens (tertiary/aromatic N) is 4. The molecule has 15 N–H and O–H groups in total. The second kappa shape index (κ2) is 21.1. The highest BCUT2D eigenvalue weighted by molar-refractivity contribution is 7.98. The normalized spacial score (nSPS) is 22.1. The molecule has 0 aromatic carbocycles. The van der Waals surface area contributed by atoms with Crippen LogP contribution in [0.5, 0.6) is 0 Å². The van der Waals surface area contributed by atoms with Gasteiger partial charge in [-0.1, -0.05) is 5.21 Å². The molecule has 50 heavy (non-hydrogen) atoms. The fourth-order valence-corrected chi connectivity index (χ4v) is 5.21. The number of amides is 3. The van der Waals surface area contributed by atoms with Crippen molar-refractivity contribution in [2.24, 2.45) is 22.2 Å². The Morgan fingerprint density at radius 1 is 1.06 bits per heavy atom. The van der Waals surface area contributed by atoms with E-state index < -0.39 is 98.1 Å². The molecule has 1 aliphatic rings. The number of carboxylic acid groups (broad SMARTS) is 2. The predicted molar refractivity (Wildman–Crippen MR) is 171 cm³/mol. The number of hydrogen-bond acceptors (Lipinski definition) is 16. The van der Waals surface area contributed by atoms with Gasteiger partial charge in [0, 0.05) is 24.2 Å². The van der Waals surface area contributed by atoms with E-state index in [-0.39, 0.29) is 43.6 Å². The molecule has 1 saturated heterocycles. The first-order valence-electron chi connectivity index (χ1n) is 15.1. The molecule has 1 aromatic rings. The Kier molecular flexibility index (Phi) is 17.8. The lowest BCUT2D eigenvalue weighted by Gasteiger charge is -2.39. The van der Waals surface area contributed by atoms with Crippen LogP contribution in [0.1, 0.15) is 25.0 Å². The van der Waals surface area contributed by atoms with Gasteiger partial charge >= 0.3 is 11.9 Å². The Balaban J connectivity index is 1.82. The summed E-state index contributed by atoms with van der Waals surface area (Å²) in [5.74, 6) is -5.72. The standard InChI is InChI=1S/C26H44N10O13S/c27-13(2-1-3-30-26(28)29)22(44)31-7-17(38)32-14(6-18(39)40)23(45)33-15(24(46)47)11-50-10-12-8-36(35-34-12)4-5-48-25-21(43)20(42)19(41)16(9-37)49-25/h8,13-16,19-21,25,37,41-43H,1-7,9-11,27H2,(H,31,44)(H,32,38)(H,33,45)(H,39,40)(H,46,47)(H4,28,29,30)/t13-,14-,15-,16+,19+,20-,21-,25-/m0/s1. The van der Waals surface area contributed by atoms with E-state index in [0.29, 0.717) is 12.1 Å². The average molecular weight is 737 g/mol. The monoisotopic (exact) mass is 736 g/mol. The average Bonchev–Trinajstić information content (AvgIpc) is 3.51. The number of rotatable bonds is 22. The number of aliphatic imine (C=N–C) groups is 1. The summed E-state index contributed by atoms with van der Waals surface area (Å²) >= 11 is 1.06. The fourth-order valence-electron chi connectivity index (χ4n) is 4.29. The number of carbonyl (C=O) groups is 5. The molecule has 2 heterocycles. The van der Waals surface area contributed by atoms with Crippen molar-refractivity contribution in [1.29, 1.82) is 0 Å². The SMILES string of the molecule is NC(N)=NCCC[C@H](N)C(=O)NCC(=O)N[C@@H](CC(=O)O)C(=O)N[C@@H](CSCc1cn(CCO[C@H]2O[C@H](CO)[C@@H](O)[C@H](O)[C@@H]2O)nn1)C(=O)O. The number of carboxylic acids is 2. The number of thioether (sulfide) groups is 1. The van der Waals surface area contributed by atoms with Crippen molar-refractivity contribution in [2.75, 3.05) is 32.1 Å². The molecule has 0 bridgehead atoms. The molecule has 0 spiro atoms. The van der Waals surface area contributed by atoms with Gasteiger partial charge in [-0.25, -0.2) is 9.48 Å². The zero-order chi connectivity index (χ0) is 37.4. The zero-order valence-electron chi connectivity index (χ0n) is 26.7. The van der Waals surface area contributed by atoms with Gasteiger partial charge in [0.2, 0.25) is 17.7 Å². The Bertz CT molecular complexity index is 1320. The van der Waals surface area contributed by atoms with Gasteiger partial charge in [-0.3, -0.25) is 24.2 Å². The second-order valence-electron chi connectivity index (χ2n) is 10.9. The van der Waals surface area contributed by atoms with Crippen molar-refractivity contribution in [3.63, 3.8) is 0 Å². The maximum absolute atomic E-state index is 12.8. The van der Waals surface area contributed by atoms with E-state index in [0.717, 1.165) is 11.8 Å². The Labute approximate surface area is 288 Å². The highest BCUT2D eigenvalue weighted by atomic mass is 32.2. The smallest absolute Gasteiger partial charge is 0.327 e. The number of ether oxygens (including phenoxy) is 2. The first kappa shape index (κ1) is 42.0. The fraction of sp³-hybridized carbons (Fsp3) is 0.692. The minimum atomic E-state index is -1.66. The van der Waals surface area contributed by atoms with Gasteiger partial charge in [0.1, 0.15) is 36.5 Å². The number of nitrogens with two attached hydrogens (primary N) is 3. The molecule has 8 atom stereocenters. The number of aliphatic hydroxyl groups excluding tert-OH is 4. The quantitative estimate of drug-likeness (QED) is 0.0299. The molecular weight excluding hydrogens is 692 g/mol. The summed E-state index contributed by atoms with van der Waals surface area (Å²) in [5.41, 5.74) is 16.6. The third-order valence-electron chi connectivity index (χ3n) is 6.94. The topological polar surface area (TPSA) is 382 Å². The number of aliphatic hydroxyl groups is 4. The van der Waals surface area contributed by atoms with Gasteiger partial charge in [0.05, 0.1) is 44.5 Å². The molecule has 0 aliphatic carbocycles. The molecule has 1 aliphatic heterocycles. The van der Waals surface area contributed by atoms with Crippen molar-refractivity contribution in [2.45, 2.75) is 80.4 Å². The lowest BCUT2D eigenvalue weighted by atomic mass is 9.99. The molecule has 0 unspecified atom stereocenters. The summed E-state index contributed by atoms with van der Waals surface area (Å²) in [4.78, 5) is 64.3. The van der Waals surface area contributed by atoms with Crippen LogP contribution in [0.4, 0.5) is 0 Å². The first-order valence-corrected chi connectivity index (χ1v) is 16.3. The molecule has 23 nitrogen and oxygen atoms in total.